The van der Waals surface area contributed by atoms with E-state index < -0.39 is 0 Å². The van der Waals surface area contributed by atoms with E-state index >= 15 is 0 Å². The van der Waals surface area contributed by atoms with Crippen LogP contribution >= 0.6 is 23.2 Å². The summed E-state index contributed by atoms with van der Waals surface area (Å²) >= 11 is 12.3. The predicted molar refractivity (Wildman–Crippen MR) is 123 cm³/mol. The third-order valence-corrected chi connectivity index (χ3v) is 4.70. The first-order valence-corrected chi connectivity index (χ1v) is 9.85. The van der Waals surface area contributed by atoms with E-state index in [2.05, 4.69) is 10.6 Å². The van der Waals surface area contributed by atoms with Gasteiger partial charge in [-0.1, -0.05) is 96.0 Å². The van der Waals surface area contributed by atoms with Gasteiger partial charge in [-0.3, -0.25) is 9.59 Å². The van der Waals surface area contributed by atoms with Gasteiger partial charge in [-0.05, 0) is 12.1 Å². The van der Waals surface area contributed by atoms with Crippen molar-refractivity contribution in [3.8, 4) is 0 Å². The van der Waals surface area contributed by atoms with Crippen LogP contribution in [0.4, 0.5) is 11.4 Å². The zero-order chi connectivity index (χ0) is 21.3. The molecule has 2 N–H and O–H groups in total. The quantitative estimate of drug-likeness (QED) is 0.315. The lowest BCUT2D eigenvalue weighted by Crippen LogP contribution is -2.03. The van der Waals surface area contributed by atoms with Crippen LogP contribution in [-0.2, 0) is 0 Å². The molecule has 0 bridgehead atoms. The fourth-order valence-electron chi connectivity index (χ4n) is 2.60. The van der Waals surface area contributed by atoms with Crippen molar-refractivity contribution in [3.63, 3.8) is 0 Å². The molecule has 30 heavy (non-hydrogen) atoms. The van der Waals surface area contributed by atoms with Gasteiger partial charge in [0.25, 0.3) is 0 Å². The van der Waals surface area contributed by atoms with Gasteiger partial charge in [-0.15, -0.1) is 0 Å². The lowest BCUT2D eigenvalue weighted by atomic mass is 10.1. The van der Waals surface area contributed by atoms with Crippen LogP contribution in [0, 0.1) is 0 Å². The number of para-hydroxylation sites is 2. The molecule has 0 aromatic heterocycles. The van der Waals surface area contributed by atoms with Crippen LogP contribution in [0.1, 0.15) is 20.7 Å². The van der Waals surface area contributed by atoms with Gasteiger partial charge in [0.1, 0.15) is 10.1 Å². The van der Waals surface area contributed by atoms with E-state index in [0.717, 1.165) is 0 Å². The number of rotatable bonds is 8. The number of halogens is 2. The van der Waals surface area contributed by atoms with Gasteiger partial charge in [-0.2, -0.15) is 0 Å². The fourth-order valence-corrected chi connectivity index (χ4v) is 2.93. The highest BCUT2D eigenvalue weighted by Crippen LogP contribution is 2.23. The topological polar surface area (TPSA) is 58.2 Å². The van der Waals surface area contributed by atoms with Crippen molar-refractivity contribution in [2.45, 2.75) is 0 Å². The van der Waals surface area contributed by atoms with Crippen LogP contribution in [0.3, 0.4) is 0 Å². The first kappa shape index (κ1) is 21.4. The molecule has 0 aliphatic rings. The Hall–Kier alpha value is -3.34. The second-order valence-electron chi connectivity index (χ2n) is 6.21. The van der Waals surface area contributed by atoms with Crippen molar-refractivity contribution in [2.24, 2.45) is 0 Å². The highest BCUT2D eigenvalue weighted by molar-refractivity contribution is 6.45. The molecule has 3 aromatic carbocycles. The van der Waals surface area contributed by atoms with Crippen molar-refractivity contribution in [2.75, 3.05) is 10.6 Å². The summed E-state index contributed by atoms with van der Waals surface area (Å²) in [6.45, 7) is 0. The second kappa shape index (κ2) is 10.4. The van der Waals surface area contributed by atoms with Gasteiger partial charge >= 0.3 is 0 Å². The standard InChI is InChI=1S/C24H18Cl2N2O2/c25-19(23(29)17-9-3-1-4-10-17)15-27-21-13-7-8-14-22(21)28-16-20(26)24(30)18-11-5-2-6-12-18/h1-16,27-28H/b19-15+,20-16+. The zero-order valence-corrected chi connectivity index (χ0v) is 17.3. The van der Waals surface area contributed by atoms with E-state index in [4.69, 9.17) is 23.2 Å². The summed E-state index contributed by atoms with van der Waals surface area (Å²) in [5.74, 6) is -0.571. The average Bonchev–Trinajstić information content (AvgIpc) is 2.81. The molecule has 0 unspecified atom stereocenters. The number of nitrogens with one attached hydrogen (secondary N) is 2. The van der Waals surface area contributed by atoms with Crippen molar-refractivity contribution in [3.05, 3.63) is 119 Å². The molecule has 3 aromatic rings. The SMILES string of the molecule is O=C(/C(Cl)=C\Nc1ccccc1N/C=C(/Cl)C(=O)c1ccccc1)c1ccccc1. The maximum atomic E-state index is 12.4. The average molecular weight is 437 g/mol. The van der Waals surface area contributed by atoms with E-state index in [1.54, 1.807) is 60.7 Å². The largest absolute Gasteiger partial charge is 0.358 e. The molecule has 4 nitrogen and oxygen atoms in total. The number of hydrogen-bond donors (Lipinski definition) is 2. The number of hydrogen-bond acceptors (Lipinski definition) is 4. The molecule has 0 atom stereocenters. The molecule has 0 radical (unpaired) electrons. The zero-order valence-electron chi connectivity index (χ0n) is 15.8. The maximum Gasteiger partial charge on any atom is 0.205 e. The van der Waals surface area contributed by atoms with Gasteiger partial charge in [-0.25, -0.2) is 0 Å². The molecular formula is C24H18Cl2N2O2. The van der Waals surface area contributed by atoms with Crippen LogP contribution in [0.25, 0.3) is 0 Å². The molecule has 0 aliphatic carbocycles. The Morgan fingerprint density at radius 1 is 0.567 bits per heavy atom. The van der Waals surface area contributed by atoms with Gasteiger partial charge in [0.05, 0.1) is 11.4 Å². The summed E-state index contributed by atoms with van der Waals surface area (Å²) in [6, 6.07) is 24.8. The number of carbonyl (C=O) groups excluding carboxylic acids is 2. The normalized spacial score (nSPS) is 11.7. The van der Waals surface area contributed by atoms with Crippen LogP contribution in [0.2, 0.25) is 0 Å². The number of anilines is 2. The number of allylic oxidation sites excluding steroid dienone is 2. The highest BCUT2D eigenvalue weighted by Gasteiger charge is 2.11. The Bertz CT molecular complexity index is 1010. The molecule has 150 valence electrons. The van der Waals surface area contributed by atoms with Crippen molar-refractivity contribution in [1.82, 2.24) is 0 Å². The Labute approximate surface area is 184 Å². The number of benzene rings is 3. The summed E-state index contributed by atoms with van der Waals surface area (Å²) in [5, 5.41) is 6.12. The monoisotopic (exact) mass is 436 g/mol. The summed E-state index contributed by atoms with van der Waals surface area (Å²) < 4.78 is 0. The lowest BCUT2D eigenvalue weighted by Gasteiger charge is -2.10. The first-order valence-electron chi connectivity index (χ1n) is 9.09. The van der Waals surface area contributed by atoms with Crippen molar-refractivity contribution < 1.29 is 9.59 Å². The Morgan fingerprint density at radius 3 is 1.27 bits per heavy atom. The third kappa shape index (κ3) is 5.60. The number of carbonyl (C=O) groups is 2. The van der Waals surface area contributed by atoms with Crippen LogP contribution in [0.15, 0.2) is 107 Å². The van der Waals surface area contributed by atoms with Gasteiger partial charge in [0, 0.05) is 23.5 Å². The fraction of sp³-hybridized carbons (Fsp3) is 0. The van der Waals surface area contributed by atoms with E-state index in [0.29, 0.717) is 22.5 Å². The smallest absolute Gasteiger partial charge is 0.205 e. The maximum absolute atomic E-state index is 12.4. The van der Waals surface area contributed by atoms with Gasteiger partial charge in [0.2, 0.25) is 11.6 Å². The predicted octanol–water partition coefficient (Wildman–Crippen LogP) is 6.44. The van der Waals surface area contributed by atoms with E-state index in [1.807, 2.05) is 24.3 Å². The second-order valence-corrected chi connectivity index (χ2v) is 7.02. The molecule has 0 heterocycles. The molecule has 0 spiro atoms. The van der Waals surface area contributed by atoms with E-state index in [9.17, 15) is 9.59 Å². The summed E-state index contributed by atoms with van der Waals surface area (Å²) in [4.78, 5) is 24.7. The molecule has 0 fully saturated rings. The Balaban J connectivity index is 1.71. The Morgan fingerprint density at radius 2 is 0.900 bits per heavy atom. The Kier molecular flexibility index (Phi) is 7.44. The summed E-state index contributed by atoms with van der Waals surface area (Å²) in [5.41, 5.74) is 2.32. The highest BCUT2D eigenvalue weighted by atomic mass is 35.5. The van der Waals surface area contributed by atoms with E-state index in [1.165, 1.54) is 12.4 Å². The number of ketones is 2. The summed E-state index contributed by atoms with van der Waals surface area (Å²) in [7, 11) is 0. The molecule has 0 saturated heterocycles. The molecule has 3 rings (SSSR count). The minimum Gasteiger partial charge on any atom is -0.358 e. The van der Waals surface area contributed by atoms with Crippen LogP contribution in [0.5, 0.6) is 0 Å². The molecule has 6 heteroatoms. The first-order chi connectivity index (χ1) is 14.6. The minimum absolute atomic E-state index is 0.0452. The molecule has 0 saturated carbocycles. The van der Waals surface area contributed by atoms with Crippen molar-refractivity contribution in [1.29, 1.82) is 0 Å². The molecule has 0 aliphatic heterocycles. The van der Waals surface area contributed by atoms with E-state index in [-0.39, 0.29) is 21.6 Å². The van der Waals surface area contributed by atoms with Gasteiger partial charge < -0.3 is 10.6 Å². The molecular weight excluding hydrogens is 419 g/mol. The number of Topliss-reactive ketones (excluding diaryl/α,β-unsaturated/α-hetero) is 2. The minimum atomic E-state index is -0.286. The third-order valence-electron chi connectivity index (χ3n) is 4.14. The van der Waals surface area contributed by atoms with Crippen molar-refractivity contribution >= 4 is 46.1 Å². The molecule has 0 amide bonds. The van der Waals surface area contributed by atoms with Gasteiger partial charge in [0.15, 0.2) is 0 Å². The summed E-state index contributed by atoms with van der Waals surface area (Å²) in [6.07, 6.45) is 2.86. The van der Waals surface area contributed by atoms with Crippen LogP contribution in [-0.4, -0.2) is 11.6 Å². The lowest BCUT2D eigenvalue weighted by molar-refractivity contribution is 0.103. The van der Waals surface area contributed by atoms with Crippen LogP contribution < -0.4 is 10.6 Å².